The predicted molar refractivity (Wildman–Crippen MR) is 69.4 cm³/mol. The molecule has 0 aliphatic rings. The molecule has 0 amide bonds. The van der Waals surface area contributed by atoms with Crippen molar-refractivity contribution in [2.45, 2.75) is 6.36 Å². The van der Waals surface area contributed by atoms with E-state index in [1.807, 2.05) is 12.1 Å². The van der Waals surface area contributed by atoms with Gasteiger partial charge in [0, 0.05) is 0 Å². The molecule has 0 aliphatic heterocycles. The van der Waals surface area contributed by atoms with Crippen molar-refractivity contribution in [3.8, 4) is 22.6 Å². The Labute approximate surface area is 114 Å². The van der Waals surface area contributed by atoms with Crippen LogP contribution in [-0.2, 0) is 0 Å². The van der Waals surface area contributed by atoms with Gasteiger partial charge in [-0.25, -0.2) is 0 Å². The van der Waals surface area contributed by atoms with E-state index in [4.69, 9.17) is 4.74 Å². The second-order valence-electron chi connectivity index (χ2n) is 3.95. The molecule has 2 aromatic rings. The van der Waals surface area contributed by atoms with Gasteiger partial charge in [-0.3, -0.25) is 0 Å². The van der Waals surface area contributed by atoms with Crippen molar-refractivity contribution >= 4 is 0 Å². The summed E-state index contributed by atoms with van der Waals surface area (Å²) in [5.74, 6) is 0.457. The minimum Gasteiger partial charge on any atom is -0.494 e. The van der Waals surface area contributed by atoms with E-state index in [1.165, 1.54) is 12.1 Å². The van der Waals surface area contributed by atoms with Gasteiger partial charge in [0.2, 0.25) is 0 Å². The summed E-state index contributed by atoms with van der Waals surface area (Å²) in [5.41, 5.74) is 1.67. The van der Waals surface area contributed by atoms with Crippen molar-refractivity contribution < 1.29 is 22.6 Å². The molecule has 0 N–H and O–H groups in total. The molecule has 5 heteroatoms. The summed E-state index contributed by atoms with van der Waals surface area (Å²) in [6.45, 7) is 3.91. The summed E-state index contributed by atoms with van der Waals surface area (Å²) in [5, 5.41) is 0. The Kier molecular flexibility index (Phi) is 4.17. The number of hydrogen-bond donors (Lipinski definition) is 0. The van der Waals surface area contributed by atoms with Crippen LogP contribution in [0, 0.1) is 6.92 Å². The molecule has 0 unspecified atom stereocenters. The standard InChI is InChI=1S/C15H12F3O2/c1-2-19-13-7-3-11(4-8-13)12-5-9-14(10-6-12)20-15(16,17)18/h3-10H,1-2H2. The first-order valence-corrected chi connectivity index (χ1v) is 5.86. The van der Waals surface area contributed by atoms with E-state index in [-0.39, 0.29) is 5.75 Å². The van der Waals surface area contributed by atoms with Crippen LogP contribution in [0.3, 0.4) is 0 Å². The number of ether oxygens (including phenoxy) is 2. The van der Waals surface area contributed by atoms with Crippen molar-refractivity contribution in [2.75, 3.05) is 6.61 Å². The highest BCUT2D eigenvalue weighted by atomic mass is 19.4. The van der Waals surface area contributed by atoms with Gasteiger partial charge in [0.15, 0.2) is 0 Å². The van der Waals surface area contributed by atoms with Gasteiger partial charge in [0.05, 0.1) is 6.61 Å². The van der Waals surface area contributed by atoms with Crippen molar-refractivity contribution in [1.29, 1.82) is 0 Å². The maximum absolute atomic E-state index is 12.0. The van der Waals surface area contributed by atoms with Crippen molar-refractivity contribution in [2.24, 2.45) is 0 Å². The van der Waals surface area contributed by atoms with Crippen molar-refractivity contribution in [3.63, 3.8) is 0 Å². The first-order valence-electron chi connectivity index (χ1n) is 5.86. The third-order valence-electron chi connectivity index (χ3n) is 2.54. The molecule has 0 aromatic heterocycles. The molecule has 0 saturated carbocycles. The Morgan fingerprint density at radius 2 is 1.25 bits per heavy atom. The Balaban J connectivity index is 2.13. The molecule has 0 saturated heterocycles. The second kappa shape index (κ2) is 5.86. The van der Waals surface area contributed by atoms with Crippen LogP contribution in [0.25, 0.3) is 11.1 Å². The topological polar surface area (TPSA) is 18.5 Å². The van der Waals surface area contributed by atoms with Crippen LogP contribution < -0.4 is 9.47 Å². The normalized spacial score (nSPS) is 11.2. The van der Waals surface area contributed by atoms with Gasteiger partial charge in [-0.05, 0) is 42.3 Å². The van der Waals surface area contributed by atoms with E-state index in [9.17, 15) is 13.2 Å². The molecular weight excluding hydrogens is 269 g/mol. The van der Waals surface area contributed by atoms with E-state index in [2.05, 4.69) is 11.7 Å². The highest BCUT2D eigenvalue weighted by Crippen LogP contribution is 2.27. The molecule has 0 heterocycles. The van der Waals surface area contributed by atoms with E-state index in [0.717, 1.165) is 11.1 Å². The summed E-state index contributed by atoms with van der Waals surface area (Å²) in [4.78, 5) is 0. The van der Waals surface area contributed by atoms with Gasteiger partial charge < -0.3 is 9.47 Å². The summed E-state index contributed by atoms with van der Waals surface area (Å²) < 4.78 is 45.2. The molecule has 2 aromatic carbocycles. The second-order valence-corrected chi connectivity index (χ2v) is 3.95. The number of rotatable bonds is 4. The molecule has 0 fully saturated rings. The van der Waals surface area contributed by atoms with Gasteiger partial charge in [-0.1, -0.05) is 24.3 Å². The van der Waals surface area contributed by atoms with Crippen LogP contribution in [0.5, 0.6) is 11.5 Å². The number of alkyl halides is 3. The van der Waals surface area contributed by atoms with E-state index in [1.54, 1.807) is 24.3 Å². The summed E-state index contributed by atoms with van der Waals surface area (Å²) in [6, 6.07) is 12.9. The first-order chi connectivity index (χ1) is 9.48. The van der Waals surface area contributed by atoms with Crippen LogP contribution in [0.1, 0.15) is 0 Å². The monoisotopic (exact) mass is 281 g/mol. The average Bonchev–Trinajstić information content (AvgIpc) is 2.39. The number of halogens is 3. The minimum absolute atomic E-state index is 0.238. The molecule has 1 radical (unpaired) electrons. The first kappa shape index (κ1) is 14.2. The Morgan fingerprint density at radius 1 is 0.800 bits per heavy atom. The molecule has 0 atom stereocenters. The van der Waals surface area contributed by atoms with Gasteiger partial charge in [-0.15, -0.1) is 13.2 Å². The fraction of sp³-hybridized carbons (Fsp3) is 0.133. The molecule has 0 bridgehead atoms. The van der Waals surface area contributed by atoms with Gasteiger partial charge in [-0.2, -0.15) is 0 Å². The Bertz CT molecular complexity index is 545. The zero-order valence-corrected chi connectivity index (χ0v) is 10.5. The van der Waals surface area contributed by atoms with Crippen LogP contribution in [-0.4, -0.2) is 13.0 Å². The predicted octanol–water partition coefficient (Wildman–Crippen LogP) is 4.47. The average molecular weight is 281 g/mol. The molecule has 0 aliphatic carbocycles. The summed E-state index contributed by atoms with van der Waals surface area (Å²) >= 11 is 0. The van der Waals surface area contributed by atoms with Gasteiger partial charge in [0.25, 0.3) is 0 Å². The molecular formula is C15H12F3O2. The highest BCUT2D eigenvalue weighted by molar-refractivity contribution is 5.64. The maximum Gasteiger partial charge on any atom is 0.573 e. The SMILES string of the molecule is [CH2]COc1ccc(-c2ccc(OC(F)(F)F)cc2)cc1. The Morgan fingerprint density at radius 3 is 1.65 bits per heavy atom. The summed E-state index contributed by atoms with van der Waals surface area (Å²) in [7, 11) is 0. The molecule has 2 nitrogen and oxygen atoms in total. The van der Waals surface area contributed by atoms with Gasteiger partial charge in [0.1, 0.15) is 11.5 Å². The maximum atomic E-state index is 12.0. The molecule has 2 rings (SSSR count). The van der Waals surface area contributed by atoms with Crippen molar-refractivity contribution in [1.82, 2.24) is 0 Å². The third-order valence-corrected chi connectivity index (χ3v) is 2.54. The summed E-state index contributed by atoms with van der Waals surface area (Å²) in [6.07, 6.45) is -4.67. The smallest absolute Gasteiger partial charge is 0.494 e. The minimum atomic E-state index is -4.67. The van der Waals surface area contributed by atoms with E-state index < -0.39 is 6.36 Å². The van der Waals surface area contributed by atoms with E-state index in [0.29, 0.717) is 12.4 Å². The number of hydrogen-bond acceptors (Lipinski definition) is 2. The largest absolute Gasteiger partial charge is 0.573 e. The fourth-order valence-corrected chi connectivity index (χ4v) is 1.71. The highest BCUT2D eigenvalue weighted by Gasteiger charge is 2.30. The van der Waals surface area contributed by atoms with Gasteiger partial charge >= 0.3 is 6.36 Å². The lowest BCUT2D eigenvalue weighted by Crippen LogP contribution is -2.16. The third kappa shape index (κ3) is 3.91. The van der Waals surface area contributed by atoms with E-state index >= 15 is 0 Å². The lowest BCUT2D eigenvalue weighted by atomic mass is 10.1. The molecule has 105 valence electrons. The quantitative estimate of drug-likeness (QED) is 0.823. The van der Waals surface area contributed by atoms with Crippen LogP contribution >= 0.6 is 0 Å². The lowest BCUT2D eigenvalue weighted by Gasteiger charge is -2.09. The zero-order chi connectivity index (χ0) is 14.6. The zero-order valence-electron chi connectivity index (χ0n) is 10.5. The molecule has 0 spiro atoms. The van der Waals surface area contributed by atoms with Crippen molar-refractivity contribution in [3.05, 3.63) is 55.5 Å². The Hall–Kier alpha value is -2.17. The fourth-order valence-electron chi connectivity index (χ4n) is 1.71. The van der Waals surface area contributed by atoms with Crippen LogP contribution in [0.4, 0.5) is 13.2 Å². The lowest BCUT2D eigenvalue weighted by molar-refractivity contribution is -0.274. The van der Waals surface area contributed by atoms with Crippen LogP contribution in [0.2, 0.25) is 0 Å². The van der Waals surface area contributed by atoms with Crippen LogP contribution in [0.15, 0.2) is 48.5 Å². The number of benzene rings is 2. The molecule has 20 heavy (non-hydrogen) atoms.